The maximum Gasteiger partial charge on any atom is 0.243 e. The van der Waals surface area contributed by atoms with Crippen molar-refractivity contribution in [2.45, 2.75) is 82.2 Å². The van der Waals surface area contributed by atoms with Crippen LogP contribution in [0.2, 0.25) is 0 Å². The van der Waals surface area contributed by atoms with Crippen LogP contribution in [0.4, 0.5) is 0 Å². The van der Waals surface area contributed by atoms with Gasteiger partial charge in [-0.15, -0.1) is 0 Å². The molecule has 1 aromatic rings. The van der Waals surface area contributed by atoms with E-state index in [4.69, 9.17) is 0 Å². The standard InChI is InChI=1S/C21H32N2O3S/c1-3-22(4-2)27(25,26)20-14-9-17(10-15-20)11-16-21(24)23(19-12-13-19)18-7-5-6-8-18/h9-10,14-15,18-19H,3-8,11-13,16H2,1-2H3. The lowest BCUT2D eigenvalue weighted by Crippen LogP contribution is -2.40. The van der Waals surface area contributed by atoms with E-state index in [0.717, 1.165) is 31.2 Å². The van der Waals surface area contributed by atoms with Crippen LogP contribution in [0.3, 0.4) is 0 Å². The van der Waals surface area contributed by atoms with Crippen LogP contribution in [0.25, 0.3) is 0 Å². The van der Waals surface area contributed by atoms with Gasteiger partial charge in [-0.25, -0.2) is 8.42 Å². The molecule has 3 rings (SSSR count). The molecule has 0 atom stereocenters. The highest BCUT2D eigenvalue weighted by atomic mass is 32.2. The first-order valence-electron chi connectivity index (χ1n) is 10.4. The fourth-order valence-electron chi connectivity index (χ4n) is 4.16. The zero-order valence-electron chi connectivity index (χ0n) is 16.6. The first kappa shape index (κ1) is 20.3. The van der Waals surface area contributed by atoms with Crippen molar-refractivity contribution in [2.24, 2.45) is 0 Å². The number of hydrogen-bond donors (Lipinski definition) is 0. The van der Waals surface area contributed by atoms with E-state index in [0.29, 0.717) is 42.9 Å². The lowest BCUT2D eigenvalue weighted by molar-refractivity contribution is -0.134. The van der Waals surface area contributed by atoms with Gasteiger partial charge in [0.25, 0.3) is 0 Å². The third kappa shape index (κ3) is 4.72. The molecule has 2 saturated carbocycles. The van der Waals surface area contributed by atoms with Crippen molar-refractivity contribution in [1.82, 2.24) is 9.21 Å². The summed E-state index contributed by atoms with van der Waals surface area (Å²) in [5, 5.41) is 0. The molecule has 0 aliphatic heterocycles. The Morgan fingerprint density at radius 1 is 0.963 bits per heavy atom. The summed E-state index contributed by atoms with van der Waals surface area (Å²) in [6.45, 7) is 4.62. The molecule has 2 fully saturated rings. The molecule has 0 saturated heterocycles. The maximum atomic E-state index is 12.8. The molecule has 0 aromatic heterocycles. The molecule has 0 heterocycles. The van der Waals surface area contributed by atoms with Gasteiger partial charge in [0.2, 0.25) is 15.9 Å². The molecule has 0 unspecified atom stereocenters. The molecule has 0 N–H and O–H groups in total. The molecule has 2 aliphatic carbocycles. The molecule has 0 bridgehead atoms. The highest BCUT2D eigenvalue weighted by molar-refractivity contribution is 7.89. The first-order chi connectivity index (χ1) is 13.0. The van der Waals surface area contributed by atoms with Gasteiger partial charge in [0.15, 0.2) is 0 Å². The SMILES string of the molecule is CCN(CC)S(=O)(=O)c1ccc(CCC(=O)N(C2CCCC2)C2CC2)cc1. The smallest absolute Gasteiger partial charge is 0.243 e. The molecule has 1 amide bonds. The number of nitrogens with zero attached hydrogens (tertiary/aromatic N) is 2. The van der Waals surface area contributed by atoms with Gasteiger partial charge in [-0.05, 0) is 49.8 Å². The van der Waals surface area contributed by atoms with Crippen molar-refractivity contribution in [1.29, 1.82) is 0 Å². The topological polar surface area (TPSA) is 57.7 Å². The van der Waals surface area contributed by atoms with Gasteiger partial charge in [-0.2, -0.15) is 4.31 Å². The number of carbonyl (C=O) groups is 1. The number of amides is 1. The minimum atomic E-state index is -3.42. The minimum absolute atomic E-state index is 0.268. The molecular formula is C21H32N2O3S. The lowest BCUT2D eigenvalue weighted by atomic mass is 10.1. The monoisotopic (exact) mass is 392 g/mol. The van der Waals surface area contributed by atoms with Crippen molar-refractivity contribution in [3.63, 3.8) is 0 Å². The van der Waals surface area contributed by atoms with Crippen molar-refractivity contribution in [3.05, 3.63) is 29.8 Å². The van der Waals surface area contributed by atoms with Gasteiger partial charge in [0.1, 0.15) is 0 Å². The Hall–Kier alpha value is -1.40. The predicted octanol–water partition coefficient (Wildman–Crippen LogP) is 3.58. The zero-order chi connectivity index (χ0) is 19.4. The van der Waals surface area contributed by atoms with Crippen LogP contribution in [0.1, 0.15) is 64.4 Å². The summed E-state index contributed by atoms with van der Waals surface area (Å²) >= 11 is 0. The first-order valence-corrected chi connectivity index (χ1v) is 11.8. The highest BCUT2D eigenvalue weighted by Crippen LogP contribution is 2.35. The average molecular weight is 393 g/mol. The van der Waals surface area contributed by atoms with Gasteiger partial charge < -0.3 is 4.90 Å². The number of aryl methyl sites for hydroxylation is 1. The molecule has 0 radical (unpaired) electrons. The van der Waals surface area contributed by atoms with E-state index in [-0.39, 0.29) is 5.91 Å². The van der Waals surface area contributed by atoms with Crippen LogP contribution < -0.4 is 0 Å². The lowest BCUT2D eigenvalue weighted by Gasteiger charge is -2.29. The Labute approximate surface area is 163 Å². The van der Waals surface area contributed by atoms with E-state index < -0.39 is 10.0 Å². The largest absolute Gasteiger partial charge is 0.337 e. The van der Waals surface area contributed by atoms with E-state index in [1.165, 1.54) is 17.1 Å². The maximum absolute atomic E-state index is 12.8. The Balaban J connectivity index is 1.60. The molecule has 27 heavy (non-hydrogen) atoms. The van der Waals surface area contributed by atoms with Crippen LogP contribution in [0.5, 0.6) is 0 Å². The summed E-state index contributed by atoms with van der Waals surface area (Å²) in [5.74, 6) is 0.268. The van der Waals surface area contributed by atoms with Crippen molar-refractivity contribution < 1.29 is 13.2 Å². The molecule has 0 spiro atoms. The molecule has 5 nitrogen and oxygen atoms in total. The van der Waals surface area contributed by atoms with Crippen molar-refractivity contribution >= 4 is 15.9 Å². The Morgan fingerprint density at radius 3 is 2.04 bits per heavy atom. The number of carbonyl (C=O) groups excluding carboxylic acids is 1. The normalized spacial score (nSPS) is 18.2. The second-order valence-corrected chi connectivity index (χ2v) is 9.64. The Kier molecular flexibility index (Phi) is 6.58. The van der Waals surface area contributed by atoms with Crippen molar-refractivity contribution in [3.8, 4) is 0 Å². The van der Waals surface area contributed by atoms with E-state index in [1.807, 2.05) is 26.0 Å². The van der Waals surface area contributed by atoms with Crippen LogP contribution in [-0.4, -0.2) is 48.7 Å². The van der Waals surface area contributed by atoms with Gasteiger partial charge in [-0.1, -0.05) is 38.8 Å². The number of hydrogen-bond acceptors (Lipinski definition) is 3. The van der Waals surface area contributed by atoms with Crippen molar-refractivity contribution in [2.75, 3.05) is 13.1 Å². The fraction of sp³-hybridized carbons (Fsp3) is 0.667. The quantitative estimate of drug-likeness (QED) is 0.645. The fourth-order valence-corrected chi connectivity index (χ4v) is 5.62. The number of sulfonamides is 1. The molecule has 150 valence electrons. The average Bonchev–Trinajstić information content (AvgIpc) is 3.34. The van der Waals surface area contributed by atoms with Gasteiger partial charge >= 0.3 is 0 Å². The third-order valence-corrected chi connectivity index (χ3v) is 7.90. The van der Waals surface area contributed by atoms with Crippen LogP contribution >= 0.6 is 0 Å². The van der Waals surface area contributed by atoms with Gasteiger partial charge in [0, 0.05) is 31.6 Å². The second kappa shape index (κ2) is 8.74. The Bertz CT molecular complexity index is 731. The van der Waals surface area contributed by atoms with E-state index in [9.17, 15) is 13.2 Å². The molecule has 1 aromatic carbocycles. The summed E-state index contributed by atoms with van der Waals surface area (Å²) in [5.41, 5.74) is 1.02. The summed E-state index contributed by atoms with van der Waals surface area (Å²) in [7, 11) is -3.42. The van der Waals surface area contributed by atoms with Gasteiger partial charge in [0.05, 0.1) is 4.90 Å². The zero-order valence-corrected chi connectivity index (χ0v) is 17.4. The van der Waals surface area contributed by atoms with E-state index in [1.54, 1.807) is 12.1 Å². The minimum Gasteiger partial charge on any atom is -0.337 e. The van der Waals surface area contributed by atoms with Crippen LogP contribution in [0.15, 0.2) is 29.2 Å². The molecule has 2 aliphatic rings. The summed E-state index contributed by atoms with van der Waals surface area (Å²) in [4.78, 5) is 15.3. The summed E-state index contributed by atoms with van der Waals surface area (Å²) in [6.07, 6.45) is 8.27. The molecular weight excluding hydrogens is 360 g/mol. The highest BCUT2D eigenvalue weighted by Gasteiger charge is 2.37. The number of rotatable bonds is 9. The van der Waals surface area contributed by atoms with Crippen LogP contribution in [-0.2, 0) is 21.2 Å². The van der Waals surface area contributed by atoms with Gasteiger partial charge in [-0.3, -0.25) is 4.79 Å². The predicted molar refractivity (Wildman–Crippen MR) is 107 cm³/mol. The van der Waals surface area contributed by atoms with Crippen LogP contribution in [0, 0.1) is 0 Å². The van der Waals surface area contributed by atoms with E-state index in [2.05, 4.69) is 4.90 Å². The summed E-state index contributed by atoms with van der Waals surface area (Å²) in [6, 6.07) is 7.96. The third-order valence-electron chi connectivity index (χ3n) is 5.84. The molecule has 6 heteroatoms. The second-order valence-electron chi connectivity index (χ2n) is 7.70. The summed E-state index contributed by atoms with van der Waals surface area (Å²) < 4.78 is 26.6. The number of benzene rings is 1. The van der Waals surface area contributed by atoms with E-state index >= 15 is 0 Å². The Morgan fingerprint density at radius 2 is 1.52 bits per heavy atom.